The van der Waals surface area contributed by atoms with Gasteiger partial charge in [0, 0.05) is 13.1 Å². The van der Waals surface area contributed by atoms with Crippen LogP contribution in [0.3, 0.4) is 0 Å². The van der Waals surface area contributed by atoms with Gasteiger partial charge in [0.15, 0.2) is 0 Å². The molecule has 1 saturated heterocycles. The Labute approximate surface area is 85.5 Å². The smallest absolute Gasteiger partial charge is 0.119 e. The highest BCUT2D eigenvalue weighted by Gasteiger charge is 2.20. The van der Waals surface area contributed by atoms with Crippen LogP contribution < -0.4 is 4.74 Å². The van der Waals surface area contributed by atoms with E-state index in [1.165, 1.54) is 5.56 Å². The Morgan fingerprint density at radius 1 is 1.29 bits per heavy atom. The molecule has 0 aromatic heterocycles. The standard InChI is InChI=1S/C12H17NO/c1-10-3-5-11(6-4-10)14-12-7-8-13(2)9-12/h3-6,12H,7-9H2,1-2H3. The molecule has 0 aliphatic carbocycles. The fourth-order valence-electron chi connectivity index (χ4n) is 1.80. The second kappa shape index (κ2) is 4.01. The van der Waals surface area contributed by atoms with Gasteiger partial charge in [-0.25, -0.2) is 0 Å². The highest BCUT2D eigenvalue weighted by Crippen LogP contribution is 2.17. The van der Waals surface area contributed by atoms with E-state index in [0.29, 0.717) is 6.10 Å². The van der Waals surface area contributed by atoms with Crippen LogP contribution in [-0.4, -0.2) is 31.1 Å². The Morgan fingerprint density at radius 2 is 2.00 bits per heavy atom. The summed E-state index contributed by atoms with van der Waals surface area (Å²) >= 11 is 0. The Balaban J connectivity index is 1.94. The topological polar surface area (TPSA) is 12.5 Å². The van der Waals surface area contributed by atoms with Crippen LogP contribution in [0.1, 0.15) is 12.0 Å². The molecule has 0 bridgehead atoms. The van der Waals surface area contributed by atoms with Gasteiger partial charge in [-0.1, -0.05) is 17.7 Å². The minimum atomic E-state index is 0.378. The summed E-state index contributed by atoms with van der Waals surface area (Å²) in [6.45, 7) is 4.29. The SMILES string of the molecule is Cc1ccc(OC2CCN(C)C2)cc1. The van der Waals surface area contributed by atoms with Crippen molar-refractivity contribution in [1.29, 1.82) is 0 Å². The number of hydrogen-bond donors (Lipinski definition) is 0. The van der Waals surface area contributed by atoms with Crippen molar-refractivity contribution < 1.29 is 4.74 Å². The largest absolute Gasteiger partial charge is 0.489 e. The van der Waals surface area contributed by atoms with Crippen molar-refractivity contribution in [3.05, 3.63) is 29.8 Å². The first kappa shape index (κ1) is 9.53. The van der Waals surface area contributed by atoms with E-state index in [1.54, 1.807) is 0 Å². The first-order valence-electron chi connectivity index (χ1n) is 5.16. The third kappa shape index (κ3) is 2.26. The van der Waals surface area contributed by atoms with Crippen LogP contribution in [0.25, 0.3) is 0 Å². The van der Waals surface area contributed by atoms with Crippen LogP contribution in [0.5, 0.6) is 5.75 Å². The summed E-state index contributed by atoms with van der Waals surface area (Å²) in [5, 5.41) is 0. The fourth-order valence-corrected chi connectivity index (χ4v) is 1.80. The highest BCUT2D eigenvalue weighted by molar-refractivity contribution is 5.26. The van der Waals surface area contributed by atoms with E-state index >= 15 is 0 Å². The van der Waals surface area contributed by atoms with E-state index in [0.717, 1.165) is 25.3 Å². The zero-order chi connectivity index (χ0) is 9.97. The number of hydrogen-bond acceptors (Lipinski definition) is 2. The predicted molar refractivity (Wildman–Crippen MR) is 57.7 cm³/mol. The maximum Gasteiger partial charge on any atom is 0.119 e. The fraction of sp³-hybridized carbons (Fsp3) is 0.500. The van der Waals surface area contributed by atoms with Gasteiger partial charge in [0.25, 0.3) is 0 Å². The van der Waals surface area contributed by atoms with Crippen LogP contribution >= 0.6 is 0 Å². The molecule has 0 radical (unpaired) electrons. The third-order valence-corrected chi connectivity index (χ3v) is 2.67. The van der Waals surface area contributed by atoms with Gasteiger partial charge < -0.3 is 9.64 Å². The number of rotatable bonds is 2. The number of likely N-dealkylation sites (tertiary alicyclic amines) is 1. The average molecular weight is 191 g/mol. The van der Waals surface area contributed by atoms with Gasteiger partial charge in [0.2, 0.25) is 0 Å². The van der Waals surface area contributed by atoms with Crippen LogP contribution in [-0.2, 0) is 0 Å². The lowest BCUT2D eigenvalue weighted by molar-refractivity contribution is 0.208. The Kier molecular flexibility index (Phi) is 2.73. The summed E-state index contributed by atoms with van der Waals surface area (Å²) in [6, 6.07) is 8.28. The molecule has 0 saturated carbocycles. The number of likely N-dealkylation sites (N-methyl/N-ethyl adjacent to an activating group) is 1. The molecule has 1 unspecified atom stereocenters. The van der Waals surface area contributed by atoms with Gasteiger partial charge in [0.05, 0.1) is 0 Å². The summed E-state index contributed by atoms with van der Waals surface area (Å²) in [6.07, 6.45) is 1.52. The predicted octanol–water partition coefficient (Wildman–Crippen LogP) is 2.08. The summed E-state index contributed by atoms with van der Waals surface area (Å²) in [5.74, 6) is 0.996. The number of aryl methyl sites for hydroxylation is 1. The second-order valence-corrected chi connectivity index (χ2v) is 4.10. The molecule has 1 aliphatic rings. The van der Waals surface area contributed by atoms with Crippen LogP contribution in [0.4, 0.5) is 0 Å². The number of nitrogens with zero attached hydrogens (tertiary/aromatic N) is 1. The second-order valence-electron chi connectivity index (χ2n) is 4.10. The number of benzene rings is 1. The molecule has 0 spiro atoms. The molecule has 76 valence electrons. The van der Waals surface area contributed by atoms with Crippen molar-refractivity contribution in [3.8, 4) is 5.75 Å². The van der Waals surface area contributed by atoms with E-state index in [9.17, 15) is 0 Å². The van der Waals surface area contributed by atoms with E-state index in [-0.39, 0.29) is 0 Å². The molecule has 2 nitrogen and oxygen atoms in total. The monoisotopic (exact) mass is 191 g/mol. The van der Waals surface area contributed by atoms with Crippen LogP contribution in [0.15, 0.2) is 24.3 Å². The maximum absolute atomic E-state index is 5.86. The van der Waals surface area contributed by atoms with Crippen molar-refractivity contribution >= 4 is 0 Å². The molecule has 14 heavy (non-hydrogen) atoms. The Hall–Kier alpha value is -1.02. The van der Waals surface area contributed by atoms with Gasteiger partial charge >= 0.3 is 0 Å². The van der Waals surface area contributed by atoms with E-state index in [4.69, 9.17) is 4.74 Å². The maximum atomic E-state index is 5.86. The van der Waals surface area contributed by atoms with Crippen molar-refractivity contribution in [3.63, 3.8) is 0 Å². The lowest BCUT2D eigenvalue weighted by Gasteiger charge is -2.13. The van der Waals surface area contributed by atoms with Gasteiger partial charge in [-0.15, -0.1) is 0 Å². The minimum Gasteiger partial charge on any atom is -0.489 e. The highest BCUT2D eigenvalue weighted by atomic mass is 16.5. The van der Waals surface area contributed by atoms with E-state index in [1.807, 2.05) is 12.1 Å². The summed E-state index contributed by atoms with van der Waals surface area (Å²) in [5.41, 5.74) is 1.28. The van der Waals surface area contributed by atoms with Crippen molar-refractivity contribution in [2.75, 3.05) is 20.1 Å². The molecule has 1 aliphatic heterocycles. The van der Waals surface area contributed by atoms with Crippen LogP contribution in [0, 0.1) is 6.92 Å². The zero-order valence-corrected chi connectivity index (χ0v) is 8.86. The molecule has 1 fully saturated rings. The van der Waals surface area contributed by atoms with Crippen molar-refractivity contribution in [1.82, 2.24) is 4.90 Å². The molecule has 0 N–H and O–H groups in total. The Morgan fingerprint density at radius 3 is 2.57 bits per heavy atom. The molecular weight excluding hydrogens is 174 g/mol. The Bertz CT molecular complexity index is 294. The summed E-state index contributed by atoms with van der Waals surface area (Å²) < 4.78 is 5.86. The van der Waals surface area contributed by atoms with E-state index < -0.39 is 0 Å². The quantitative estimate of drug-likeness (QED) is 0.709. The average Bonchev–Trinajstić information content (AvgIpc) is 2.56. The summed E-state index contributed by atoms with van der Waals surface area (Å²) in [4.78, 5) is 2.30. The van der Waals surface area contributed by atoms with Gasteiger partial charge in [-0.2, -0.15) is 0 Å². The normalized spacial score (nSPS) is 22.6. The molecule has 1 atom stereocenters. The van der Waals surface area contributed by atoms with Gasteiger partial charge in [-0.05, 0) is 32.5 Å². The van der Waals surface area contributed by atoms with Crippen molar-refractivity contribution in [2.45, 2.75) is 19.4 Å². The molecule has 0 amide bonds. The van der Waals surface area contributed by atoms with Crippen LogP contribution in [0.2, 0.25) is 0 Å². The minimum absolute atomic E-state index is 0.378. The molecule has 1 aromatic carbocycles. The lowest BCUT2D eigenvalue weighted by Crippen LogP contribution is -2.21. The molecule has 1 aromatic rings. The van der Waals surface area contributed by atoms with E-state index in [2.05, 4.69) is 31.0 Å². The van der Waals surface area contributed by atoms with Crippen molar-refractivity contribution in [2.24, 2.45) is 0 Å². The molecule has 2 heteroatoms. The third-order valence-electron chi connectivity index (χ3n) is 2.67. The molecule has 2 rings (SSSR count). The lowest BCUT2D eigenvalue weighted by atomic mass is 10.2. The van der Waals surface area contributed by atoms with Gasteiger partial charge in [-0.3, -0.25) is 0 Å². The first-order chi connectivity index (χ1) is 6.74. The number of ether oxygens (including phenoxy) is 1. The van der Waals surface area contributed by atoms with Gasteiger partial charge in [0.1, 0.15) is 11.9 Å². The zero-order valence-electron chi connectivity index (χ0n) is 8.86. The first-order valence-corrected chi connectivity index (χ1v) is 5.16. The molecular formula is C12H17NO. The summed E-state index contributed by atoms with van der Waals surface area (Å²) in [7, 11) is 2.14. The molecule has 1 heterocycles.